The van der Waals surface area contributed by atoms with Crippen molar-refractivity contribution in [3.05, 3.63) is 35.9 Å². The summed E-state index contributed by atoms with van der Waals surface area (Å²) in [6.45, 7) is 0.194. The molecule has 0 spiro atoms. The van der Waals surface area contributed by atoms with E-state index in [0.29, 0.717) is 18.1 Å². The molecule has 0 heterocycles. The zero-order valence-corrected chi connectivity index (χ0v) is 10.1. The molecular formula is C15H20O2. The lowest BCUT2D eigenvalue weighted by atomic mass is 9.75. The van der Waals surface area contributed by atoms with Crippen LogP contribution in [0.3, 0.4) is 0 Å². The average Bonchev–Trinajstić information content (AvgIpc) is 2.39. The molecule has 2 atom stereocenters. The molecule has 1 N–H and O–H groups in total. The number of carbonyl (C=O) groups excluding carboxylic acids is 1. The van der Waals surface area contributed by atoms with Crippen molar-refractivity contribution in [2.45, 2.75) is 38.0 Å². The minimum Gasteiger partial charge on any atom is -0.396 e. The van der Waals surface area contributed by atoms with E-state index in [1.165, 1.54) is 5.56 Å². The van der Waals surface area contributed by atoms with Gasteiger partial charge in [0.2, 0.25) is 0 Å². The van der Waals surface area contributed by atoms with E-state index in [2.05, 4.69) is 24.3 Å². The van der Waals surface area contributed by atoms with Crippen LogP contribution in [0.25, 0.3) is 0 Å². The van der Waals surface area contributed by atoms with Crippen LogP contribution in [0.15, 0.2) is 30.3 Å². The van der Waals surface area contributed by atoms with Crippen LogP contribution in [-0.4, -0.2) is 17.5 Å². The number of benzene rings is 1. The lowest BCUT2D eigenvalue weighted by Gasteiger charge is -2.28. The Labute approximate surface area is 103 Å². The number of carbonyl (C=O) groups is 1. The number of hydrogen-bond acceptors (Lipinski definition) is 2. The molecule has 1 fully saturated rings. The van der Waals surface area contributed by atoms with Crippen molar-refractivity contribution in [2.24, 2.45) is 5.92 Å². The maximum absolute atomic E-state index is 11.8. The van der Waals surface area contributed by atoms with E-state index < -0.39 is 0 Å². The highest BCUT2D eigenvalue weighted by Gasteiger charge is 2.28. The third-order valence-electron chi connectivity index (χ3n) is 3.75. The fraction of sp³-hybridized carbons (Fsp3) is 0.533. The van der Waals surface area contributed by atoms with Crippen molar-refractivity contribution in [2.75, 3.05) is 6.61 Å². The van der Waals surface area contributed by atoms with E-state index in [1.807, 2.05) is 6.07 Å². The Hall–Kier alpha value is -1.15. The van der Waals surface area contributed by atoms with E-state index in [-0.39, 0.29) is 12.5 Å². The number of ketones is 1. The van der Waals surface area contributed by atoms with Crippen LogP contribution in [0.4, 0.5) is 0 Å². The maximum Gasteiger partial charge on any atom is 0.136 e. The zero-order valence-electron chi connectivity index (χ0n) is 10.1. The Morgan fingerprint density at radius 2 is 2.00 bits per heavy atom. The molecule has 2 unspecified atom stereocenters. The van der Waals surface area contributed by atoms with Gasteiger partial charge in [-0.05, 0) is 37.2 Å². The molecule has 1 aliphatic rings. The predicted octanol–water partition coefficient (Wildman–Crippen LogP) is 2.91. The third kappa shape index (κ3) is 3.16. The summed E-state index contributed by atoms with van der Waals surface area (Å²) in [5, 5.41) is 8.85. The fourth-order valence-corrected chi connectivity index (χ4v) is 2.76. The Morgan fingerprint density at radius 1 is 1.24 bits per heavy atom. The first kappa shape index (κ1) is 12.3. The molecule has 0 radical (unpaired) electrons. The molecule has 1 aliphatic carbocycles. The van der Waals surface area contributed by atoms with Crippen molar-refractivity contribution < 1.29 is 9.90 Å². The topological polar surface area (TPSA) is 37.3 Å². The summed E-state index contributed by atoms with van der Waals surface area (Å²) in [6, 6.07) is 10.5. The number of aliphatic hydroxyl groups is 1. The highest BCUT2D eigenvalue weighted by molar-refractivity contribution is 5.82. The molecular weight excluding hydrogens is 212 g/mol. The Morgan fingerprint density at radius 3 is 2.71 bits per heavy atom. The van der Waals surface area contributed by atoms with Crippen molar-refractivity contribution in [1.29, 1.82) is 0 Å². The largest absolute Gasteiger partial charge is 0.396 e. The fourth-order valence-electron chi connectivity index (χ4n) is 2.76. The van der Waals surface area contributed by atoms with E-state index in [0.717, 1.165) is 25.7 Å². The van der Waals surface area contributed by atoms with Gasteiger partial charge in [-0.1, -0.05) is 30.3 Å². The van der Waals surface area contributed by atoms with Crippen molar-refractivity contribution in [3.8, 4) is 0 Å². The number of hydrogen-bond donors (Lipinski definition) is 1. The summed E-state index contributed by atoms with van der Waals surface area (Å²) in [5.74, 6) is 1.09. The molecule has 1 aromatic carbocycles. The van der Waals surface area contributed by atoms with Crippen LogP contribution in [0, 0.1) is 5.92 Å². The van der Waals surface area contributed by atoms with Gasteiger partial charge in [0.05, 0.1) is 0 Å². The summed E-state index contributed by atoms with van der Waals surface area (Å²) >= 11 is 0. The Kier molecular flexibility index (Phi) is 4.32. The first-order chi connectivity index (χ1) is 8.31. The molecule has 2 nitrogen and oxygen atoms in total. The van der Waals surface area contributed by atoms with Crippen LogP contribution in [0.2, 0.25) is 0 Å². The van der Waals surface area contributed by atoms with Gasteiger partial charge in [0, 0.05) is 18.9 Å². The summed E-state index contributed by atoms with van der Waals surface area (Å²) in [4.78, 5) is 11.8. The van der Waals surface area contributed by atoms with Crippen LogP contribution < -0.4 is 0 Å². The van der Waals surface area contributed by atoms with Gasteiger partial charge in [-0.25, -0.2) is 0 Å². The van der Waals surface area contributed by atoms with E-state index >= 15 is 0 Å². The SMILES string of the molecule is O=C1CCC(c2ccccc2)CC1CCCO. The van der Waals surface area contributed by atoms with E-state index in [4.69, 9.17) is 5.11 Å². The zero-order chi connectivity index (χ0) is 12.1. The molecule has 17 heavy (non-hydrogen) atoms. The van der Waals surface area contributed by atoms with Crippen LogP contribution in [0.1, 0.15) is 43.6 Å². The molecule has 0 bridgehead atoms. The highest BCUT2D eigenvalue weighted by atomic mass is 16.2. The van der Waals surface area contributed by atoms with Gasteiger partial charge in [0.25, 0.3) is 0 Å². The predicted molar refractivity (Wildman–Crippen MR) is 67.9 cm³/mol. The first-order valence-corrected chi connectivity index (χ1v) is 6.49. The van der Waals surface area contributed by atoms with Crippen LogP contribution in [0.5, 0.6) is 0 Å². The van der Waals surface area contributed by atoms with E-state index in [1.54, 1.807) is 0 Å². The number of Topliss-reactive ketones (excluding diaryl/α,β-unsaturated/α-hetero) is 1. The van der Waals surface area contributed by atoms with Gasteiger partial charge < -0.3 is 5.11 Å². The minimum absolute atomic E-state index is 0.168. The molecule has 0 amide bonds. The van der Waals surface area contributed by atoms with E-state index in [9.17, 15) is 4.79 Å². The number of rotatable bonds is 4. The Bertz CT molecular complexity index is 358. The van der Waals surface area contributed by atoms with Crippen molar-refractivity contribution >= 4 is 5.78 Å². The standard InChI is InChI=1S/C15H20O2/c16-10-4-7-14-11-13(8-9-15(14)17)12-5-2-1-3-6-12/h1-3,5-6,13-14,16H,4,7-11H2. The average molecular weight is 232 g/mol. The normalized spacial score (nSPS) is 24.9. The first-order valence-electron chi connectivity index (χ1n) is 6.49. The summed E-state index contributed by atoms with van der Waals surface area (Å²) in [6.07, 6.45) is 4.24. The second-order valence-corrected chi connectivity index (χ2v) is 4.91. The second-order valence-electron chi connectivity index (χ2n) is 4.91. The molecule has 0 aliphatic heterocycles. The quantitative estimate of drug-likeness (QED) is 0.866. The third-order valence-corrected chi connectivity index (χ3v) is 3.75. The molecule has 1 saturated carbocycles. The van der Waals surface area contributed by atoms with Gasteiger partial charge in [0.15, 0.2) is 0 Å². The summed E-state index contributed by atoms with van der Waals surface area (Å²) in [5.41, 5.74) is 1.36. The molecule has 1 aromatic rings. The summed E-state index contributed by atoms with van der Waals surface area (Å²) in [7, 11) is 0. The molecule has 0 saturated heterocycles. The van der Waals surface area contributed by atoms with Gasteiger partial charge in [0.1, 0.15) is 5.78 Å². The number of aliphatic hydroxyl groups excluding tert-OH is 1. The highest BCUT2D eigenvalue weighted by Crippen LogP contribution is 2.36. The smallest absolute Gasteiger partial charge is 0.136 e. The lowest BCUT2D eigenvalue weighted by Crippen LogP contribution is -2.24. The minimum atomic E-state index is 0.168. The summed E-state index contributed by atoms with van der Waals surface area (Å²) < 4.78 is 0. The van der Waals surface area contributed by atoms with Gasteiger partial charge in [-0.3, -0.25) is 4.79 Å². The second kappa shape index (κ2) is 5.97. The molecule has 0 aromatic heterocycles. The van der Waals surface area contributed by atoms with Gasteiger partial charge in [-0.2, -0.15) is 0 Å². The van der Waals surface area contributed by atoms with Crippen LogP contribution in [-0.2, 0) is 4.79 Å². The lowest BCUT2D eigenvalue weighted by molar-refractivity contribution is -0.125. The monoisotopic (exact) mass is 232 g/mol. The van der Waals surface area contributed by atoms with Crippen molar-refractivity contribution in [1.82, 2.24) is 0 Å². The Balaban J connectivity index is 2.00. The van der Waals surface area contributed by atoms with Crippen molar-refractivity contribution in [3.63, 3.8) is 0 Å². The molecule has 2 heteroatoms. The van der Waals surface area contributed by atoms with Gasteiger partial charge >= 0.3 is 0 Å². The molecule has 92 valence electrons. The van der Waals surface area contributed by atoms with Gasteiger partial charge in [-0.15, -0.1) is 0 Å². The maximum atomic E-state index is 11.8. The van der Waals surface area contributed by atoms with Crippen LogP contribution >= 0.6 is 0 Å². The molecule has 2 rings (SSSR count).